The molecule has 7 heteroatoms. The maximum Gasteiger partial charge on any atom is 0.443 e. The van der Waals surface area contributed by atoms with Crippen molar-refractivity contribution in [1.82, 2.24) is 9.88 Å². The molecule has 2 aromatic rings. The molecule has 1 aromatic heterocycles. The summed E-state index contributed by atoms with van der Waals surface area (Å²) in [6.45, 7) is 2.95. The molecule has 0 radical (unpaired) electrons. The van der Waals surface area contributed by atoms with Crippen molar-refractivity contribution >= 4 is 21.6 Å². The van der Waals surface area contributed by atoms with Crippen molar-refractivity contribution < 1.29 is 18.3 Å². The van der Waals surface area contributed by atoms with Gasteiger partial charge in [0.2, 0.25) is 0 Å². The zero-order chi connectivity index (χ0) is 16.4. The van der Waals surface area contributed by atoms with Crippen molar-refractivity contribution in [3.8, 4) is 0 Å². The predicted molar refractivity (Wildman–Crippen MR) is 84.5 cm³/mol. The molecule has 0 bridgehead atoms. The van der Waals surface area contributed by atoms with Crippen LogP contribution in [0.5, 0.6) is 0 Å². The summed E-state index contributed by atoms with van der Waals surface area (Å²) >= 11 is 0.624. The van der Waals surface area contributed by atoms with E-state index in [0.717, 1.165) is 19.6 Å². The topological polar surface area (TPSA) is 36.4 Å². The number of rotatable bonds is 4. The van der Waals surface area contributed by atoms with Crippen LogP contribution in [0.4, 0.5) is 13.2 Å². The van der Waals surface area contributed by atoms with E-state index in [1.54, 1.807) is 18.2 Å². The van der Waals surface area contributed by atoms with Crippen LogP contribution in [-0.2, 0) is 6.18 Å². The largest absolute Gasteiger partial charge is 0.443 e. The Morgan fingerprint density at radius 3 is 2.65 bits per heavy atom. The average molecular weight is 344 g/mol. The Bertz CT molecular complexity index is 665. The first-order chi connectivity index (χ1) is 10.9. The first kappa shape index (κ1) is 16.7. The lowest BCUT2D eigenvalue weighted by atomic mass is 10.1. The fraction of sp³-hybridized carbons (Fsp3) is 0.562. The highest BCUT2D eigenvalue weighted by atomic mass is 32.1. The minimum Gasteiger partial charge on any atom is -0.388 e. The molecule has 0 amide bonds. The van der Waals surface area contributed by atoms with Gasteiger partial charge in [-0.25, -0.2) is 4.98 Å². The van der Waals surface area contributed by atoms with E-state index < -0.39 is 17.3 Å². The summed E-state index contributed by atoms with van der Waals surface area (Å²) in [4.78, 5) is 5.94. The molecule has 126 valence electrons. The molecule has 0 aliphatic carbocycles. The molecule has 0 spiro atoms. The van der Waals surface area contributed by atoms with Crippen LogP contribution in [-0.4, -0.2) is 34.6 Å². The van der Waals surface area contributed by atoms with Crippen LogP contribution in [0.15, 0.2) is 18.2 Å². The van der Waals surface area contributed by atoms with Gasteiger partial charge in [-0.3, -0.25) is 0 Å². The van der Waals surface area contributed by atoms with Gasteiger partial charge < -0.3 is 10.0 Å². The number of halogens is 3. The van der Waals surface area contributed by atoms with Crippen molar-refractivity contribution in [2.75, 3.05) is 19.6 Å². The highest BCUT2D eigenvalue weighted by Crippen LogP contribution is 2.36. The third-order valence-electron chi connectivity index (χ3n) is 4.21. The van der Waals surface area contributed by atoms with E-state index >= 15 is 0 Å². The minimum absolute atomic E-state index is 0.328. The molecule has 3 nitrogen and oxygen atoms in total. The number of aliphatic hydroxyl groups excluding tert-OH is 1. The van der Waals surface area contributed by atoms with Crippen LogP contribution in [0.1, 0.15) is 42.4 Å². The van der Waals surface area contributed by atoms with Gasteiger partial charge in [-0.2, -0.15) is 13.2 Å². The molecule has 1 atom stereocenters. The molecule has 1 fully saturated rings. The quantitative estimate of drug-likeness (QED) is 0.902. The van der Waals surface area contributed by atoms with Gasteiger partial charge in [-0.1, -0.05) is 12.5 Å². The Hall–Kier alpha value is -1.18. The summed E-state index contributed by atoms with van der Waals surface area (Å²) in [5.74, 6) is 0. The van der Waals surface area contributed by atoms with Crippen molar-refractivity contribution in [2.45, 2.75) is 38.0 Å². The third kappa shape index (κ3) is 4.02. The van der Waals surface area contributed by atoms with E-state index in [9.17, 15) is 18.3 Å². The molecule has 1 unspecified atom stereocenters. The Labute approximate surface area is 136 Å². The molecule has 2 heterocycles. The summed E-state index contributed by atoms with van der Waals surface area (Å²) in [6.07, 6.45) is -0.819. The molecule has 1 aliphatic rings. The summed E-state index contributed by atoms with van der Waals surface area (Å²) in [6, 6.07) is 4.85. The zero-order valence-corrected chi connectivity index (χ0v) is 13.5. The smallest absolute Gasteiger partial charge is 0.388 e. The number of aliphatic hydroxyl groups is 1. The monoisotopic (exact) mass is 344 g/mol. The van der Waals surface area contributed by atoms with Crippen LogP contribution in [0.2, 0.25) is 0 Å². The summed E-state index contributed by atoms with van der Waals surface area (Å²) in [5, 5.41) is 9.47. The van der Waals surface area contributed by atoms with Gasteiger partial charge in [0.05, 0.1) is 16.3 Å². The molecular formula is C16H19F3N2OS. The van der Waals surface area contributed by atoms with Crippen LogP contribution >= 0.6 is 11.3 Å². The molecule has 3 rings (SSSR count). The second kappa shape index (κ2) is 6.75. The maximum absolute atomic E-state index is 12.7. The number of benzene rings is 1. The normalized spacial score (nSPS) is 18.4. The lowest BCUT2D eigenvalue weighted by molar-refractivity contribution is -0.137. The van der Waals surface area contributed by atoms with E-state index in [4.69, 9.17) is 0 Å². The first-order valence-electron chi connectivity index (χ1n) is 7.81. The number of alkyl halides is 3. The van der Waals surface area contributed by atoms with Crippen LogP contribution in [0, 0.1) is 0 Å². The fourth-order valence-electron chi connectivity index (χ4n) is 2.92. The van der Waals surface area contributed by atoms with E-state index in [1.807, 2.05) is 0 Å². The SMILES string of the molecule is OC(CCN1CCCCC1)c1ccc2nc(C(F)(F)F)sc2c1. The Morgan fingerprint density at radius 1 is 1.22 bits per heavy atom. The van der Waals surface area contributed by atoms with Crippen LogP contribution in [0.25, 0.3) is 10.2 Å². The molecule has 1 saturated heterocycles. The Balaban J connectivity index is 1.69. The van der Waals surface area contributed by atoms with Gasteiger partial charge in [0.25, 0.3) is 0 Å². The van der Waals surface area contributed by atoms with Gasteiger partial charge in [0, 0.05) is 6.54 Å². The van der Waals surface area contributed by atoms with E-state index in [1.165, 1.54) is 19.3 Å². The van der Waals surface area contributed by atoms with E-state index in [-0.39, 0.29) is 0 Å². The number of hydrogen-bond donors (Lipinski definition) is 1. The Morgan fingerprint density at radius 2 is 1.96 bits per heavy atom. The maximum atomic E-state index is 12.7. The number of piperidine rings is 1. The predicted octanol–water partition coefficient (Wildman–Crippen LogP) is 4.22. The highest BCUT2D eigenvalue weighted by Gasteiger charge is 2.34. The lowest BCUT2D eigenvalue weighted by Crippen LogP contribution is -2.31. The first-order valence-corrected chi connectivity index (χ1v) is 8.63. The number of aromatic nitrogens is 1. The molecule has 1 N–H and O–H groups in total. The van der Waals surface area contributed by atoms with Gasteiger partial charge >= 0.3 is 6.18 Å². The molecule has 0 saturated carbocycles. The van der Waals surface area contributed by atoms with Crippen molar-refractivity contribution in [1.29, 1.82) is 0 Å². The molecular weight excluding hydrogens is 325 g/mol. The number of thiazole rings is 1. The second-order valence-corrected chi connectivity index (χ2v) is 6.98. The average Bonchev–Trinajstić information content (AvgIpc) is 2.97. The number of hydrogen-bond acceptors (Lipinski definition) is 4. The van der Waals surface area contributed by atoms with Crippen molar-refractivity contribution in [2.24, 2.45) is 0 Å². The number of nitrogens with zero attached hydrogens (tertiary/aromatic N) is 2. The van der Waals surface area contributed by atoms with E-state index in [0.29, 0.717) is 33.5 Å². The van der Waals surface area contributed by atoms with E-state index in [2.05, 4.69) is 9.88 Å². The fourth-order valence-corrected chi connectivity index (χ4v) is 3.81. The third-order valence-corrected chi connectivity index (χ3v) is 5.27. The molecule has 23 heavy (non-hydrogen) atoms. The standard InChI is InChI=1S/C16H19F3N2OS/c17-16(18,19)15-20-12-5-4-11(10-14(12)23-15)13(22)6-9-21-7-2-1-3-8-21/h4-5,10,13,22H,1-3,6-9H2. The van der Waals surface area contributed by atoms with Gasteiger partial charge in [0.15, 0.2) is 5.01 Å². The van der Waals surface area contributed by atoms with Gasteiger partial charge in [-0.15, -0.1) is 11.3 Å². The number of likely N-dealkylation sites (tertiary alicyclic amines) is 1. The van der Waals surface area contributed by atoms with Crippen molar-refractivity contribution in [3.63, 3.8) is 0 Å². The minimum atomic E-state index is -4.42. The highest BCUT2D eigenvalue weighted by molar-refractivity contribution is 7.18. The Kier molecular flexibility index (Phi) is 4.89. The summed E-state index contributed by atoms with van der Waals surface area (Å²) in [7, 11) is 0. The van der Waals surface area contributed by atoms with Crippen LogP contribution < -0.4 is 0 Å². The van der Waals surface area contributed by atoms with Gasteiger partial charge in [-0.05, 0) is 50.0 Å². The van der Waals surface area contributed by atoms with Gasteiger partial charge in [0.1, 0.15) is 0 Å². The molecule has 1 aromatic carbocycles. The second-order valence-electron chi connectivity index (χ2n) is 5.95. The molecule has 1 aliphatic heterocycles. The van der Waals surface area contributed by atoms with Crippen LogP contribution in [0.3, 0.4) is 0 Å². The summed E-state index contributed by atoms with van der Waals surface area (Å²) in [5.41, 5.74) is 0.987. The number of fused-ring (bicyclic) bond motifs is 1. The summed E-state index contributed by atoms with van der Waals surface area (Å²) < 4.78 is 38.6. The van der Waals surface area contributed by atoms with Crippen molar-refractivity contribution in [3.05, 3.63) is 28.8 Å². The zero-order valence-electron chi connectivity index (χ0n) is 12.6. The lowest BCUT2D eigenvalue weighted by Gasteiger charge is -2.27.